The Balaban J connectivity index is 2.16. The van der Waals surface area contributed by atoms with Gasteiger partial charge >= 0.3 is 0 Å². The number of hydrogen-bond donors (Lipinski definition) is 1. The van der Waals surface area contributed by atoms with Crippen molar-refractivity contribution in [2.24, 2.45) is 0 Å². The van der Waals surface area contributed by atoms with Crippen LogP contribution in [0, 0.1) is 6.92 Å². The number of anilines is 1. The Bertz CT molecular complexity index is 362. The largest absolute Gasteiger partial charge is 0.487 e. The highest BCUT2D eigenvalue weighted by molar-refractivity contribution is 9.10. The van der Waals surface area contributed by atoms with Crippen molar-refractivity contribution in [3.05, 3.63) is 22.2 Å². The van der Waals surface area contributed by atoms with Gasteiger partial charge in [-0.1, -0.05) is 0 Å². The quantitative estimate of drug-likeness (QED) is 0.841. The number of halogens is 1. The summed E-state index contributed by atoms with van der Waals surface area (Å²) in [6.45, 7) is 3.44. The molecule has 1 atom stereocenters. The molecule has 1 aliphatic heterocycles. The third-order valence-corrected chi connectivity index (χ3v) is 3.12. The molecule has 1 saturated heterocycles. The summed E-state index contributed by atoms with van der Waals surface area (Å²) in [7, 11) is 0. The van der Waals surface area contributed by atoms with Gasteiger partial charge in [-0.15, -0.1) is 0 Å². The summed E-state index contributed by atoms with van der Waals surface area (Å²) in [6, 6.07) is 3.83. The van der Waals surface area contributed by atoms with Crippen molar-refractivity contribution in [3.63, 3.8) is 0 Å². The summed E-state index contributed by atoms with van der Waals surface area (Å²) in [5, 5.41) is 0. The van der Waals surface area contributed by atoms with Gasteiger partial charge in [-0.25, -0.2) is 0 Å². The zero-order chi connectivity index (χ0) is 10.8. The molecule has 3 nitrogen and oxygen atoms in total. The molecule has 0 bridgehead atoms. The summed E-state index contributed by atoms with van der Waals surface area (Å²) < 4.78 is 12.0. The van der Waals surface area contributed by atoms with E-state index in [4.69, 9.17) is 15.2 Å². The summed E-state index contributed by atoms with van der Waals surface area (Å²) >= 11 is 3.44. The minimum absolute atomic E-state index is 0.171. The molecule has 2 rings (SSSR count). The number of rotatable bonds is 2. The van der Waals surface area contributed by atoms with Crippen LogP contribution in [0.3, 0.4) is 0 Å². The highest BCUT2D eigenvalue weighted by atomic mass is 79.9. The second-order valence-corrected chi connectivity index (χ2v) is 4.60. The van der Waals surface area contributed by atoms with Gasteiger partial charge in [0.25, 0.3) is 0 Å². The topological polar surface area (TPSA) is 44.5 Å². The standard InChI is InChI=1S/C11H14BrNO2/c1-7-4-11(9(12)5-10(7)13)15-8-2-3-14-6-8/h4-5,8H,2-3,6,13H2,1H3. The van der Waals surface area contributed by atoms with Crippen LogP contribution in [0.4, 0.5) is 5.69 Å². The maximum atomic E-state index is 5.81. The first-order valence-corrected chi connectivity index (χ1v) is 5.76. The zero-order valence-corrected chi connectivity index (χ0v) is 10.2. The Morgan fingerprint density at radius 2 is 2.33 bits per heavy atom. The van der Waals surface area contributed by atoms with Crippen LogP contribution in [0.25, 0.3) is 0 Å². The fraction of sp³-hybridized carbons (Fsp3) is 0.455. The van der Waals surface area contributed by atoms with Gasteiger partial charge in [0.2, 0.25) is 0 Å². The molecule has 2 N–H and O–H groups in total. The van der Waals surface area contributed by atoms with Gasteiger partial charge in [0.15, 0.2) is 0 Å². The summed E-state index contributed by atoms with van der Waals surface area (Å²) in [5.74, 6) is 0.845. The summed E-state index contributed by atoms with van der Waals surface area (Å²) in [5.41, 5.74) is 7.60. The van der Waals surface area contributed by atoms with E-state index >= 15 is 0 Å². The van der Waals surface area contributed by atoms with E-state index < -0.39 is 0 Å². The Labute approximate surface area is 97.7 Å². The molecule has 1 aromatic carbocycles. The molecule has 0 amide bonds. The van der Waals surface area contributed by atoms with E-state index in [0.717, 1.165) is 34.5 Å². The van der Waals surface area contributed by atoms with Crippen LogP contribution in [0.5, 0.6) is 5.75 Å². The normalized spacial score (nSPS) is 20.5. The van der Waals surface area contributed by atoms with Gasteiger partial charge in [0, 0.05) is 12.1 Å². The molecule has 82 valence electrons. The summed E-state index contributed by atoms with van der Waals surface area (Å²) in [4.78, 5) is 0. The fourth-order valence-corrected chi connectivity index (χ4v) is 2.00. The molecule has 1 fully saturated rings. The number of nitrogen functional groups attached to an aromatic ring is 1. The molecular weight excluding hydrogens is 258 g/mol. The molecule has 1 aliphatic rings. The summed E-state index contributed by atoms with van der Waals surface area (Å²) in [6.07, 6.45) is 1.12. The van der Waals surface area contributed by atoms with Crippen molar-refractivity contribution in [3.8, 4) is 5.75 Å². The minimum atomic E-state index is 0.171. The number of benzene rings is 1. The van der Waals surface area contributed by atoms with Gasteiger partial charge in [-0.2, -0.15) is 0 Å². The minimum Gasteiger partial charge on any atom is -0.487 e. The number of nitrogens with two attached hydrogens (primary N) is 1. The lowest BCUT2D eigenvalue weighted by Gasteiger charge is -2.14. The van der Waals surface area contributed by atoms with Gasteiger partial charge in [0.1, 0.15) is 11.9 Å². The van der Waals surface area contributed by atoms with Crippen molar-refractivity contribution in [1.82, 2.24) is 0 Å². The molecule has 4 heteroatoms. The van der Waals surface area contributed by atoms with Crippen LogP contribution in [-0.2, 0) is 4.74 Å². The first-order valence-electron chi connectivity index (χ1n) is 4.97. The number of aryl methyl sites for hydroxylation is 1. The van der Waals surface area contributed by atoms with E-state index in [0.29, 0.717) is 6.61 Å². The van der Waals surface area contributed by atoms with Crippen molar-refractivity contribution in [2.45, 2.75) is 19.4 Å². The predicted molar refractivity (Wildman–Crippen MR) is 63.1 cm³/mol. The highest BCUT2D eigenvalue weighted by Gasteiger charge is 2.18. The lowest BCUT2D eigenvalue weighted by Crippen LogP contribution is -2.16. The number of ether oxygens (including phenoxy) is 2. The highest BCUT2D eigenvalue weighted by Crippen LogP contribution is 2.31. The predicted octanol–water partition coefficient (Wildman–Crippen LogP) is 2.51. The van der Waals surface area contributed by atoms with Crippen molar-refractivity contribution < 1.29 is 9.47 Å². The van der Waals surface area contributed by atoms with Crippen LogP contribution in [0.15, 0.2) is 16.6 Å². The Kier molecular flexibility index (Phi) is 3.17. The first-order chi connectivity index (χ1) is 7.16. The van der Waals surface area contributed by atoms with Crippen molar-refractivity contribution >= 4 is 21.6 Å². The van der Waals surface area contributed by atoms with Crippen LogP contribution >= 0.6 is 15.9 Å². The second kappa shape index (κ2) is 4.41. The average Bonchev–Trinajstić information content (AvgIpc) is 2.67. The second-order valence-electron chi connectivity index (χ2n) is 3.74. The van der Waals surface area contributed by atoms with Crippen molar-refractivity contribution in [1.29, 1.82) is 0 Å². The van der Waals surface area contributed by atoms with E-state index in [9.17, 15) is 0 Å². The number of hydrogen-bond acceptors (Lipinski definition) is 3. The maximum Gasteiger partial charge on any atom is 0.134 e. The molecular formula is C11H14BrNO2. The van der Waals surface area contributed by atoms with Crippen LogP contribution in [-0.4, -0.2) is 19.3 Å². The molecule has 0 spiro atoms. The fourth-order valence-electron chi connectivity index (χ4n) is 1.55. The van der Waals surface area contributed by atoms with Crippen LogP contribution in [0.1, 0.15) is 12.0 Å². The molecule has 0 aromatic heterocycles. The molecule has 1 heterocycles. The molecule has 0 saturated carbocycles. The van der Waals surface area contributed by atoms with Gasteiger partial charge in [-0.05, 0) is 40.5 Å². The Morgan fingerprint density at radius 3 is 3.00 bits per heavy atom. The third-order valence-electron chi connectivity index (χ3n) is 2.50. The smallest absolute Gasteiger partial charge is 0.134 e. The van der Waals surface area contributed by atoms with E-state index in [2.05, 4.69) is 15.9 Å². The molecule has 0 radical (unpaired) electrons. The maximum absolute atomic E-state index is 5.81. The van der Waals surface area contributed by atoms with Crippen LogP contribution in [0.2, 0.25) is 0 Å². The molecule has 1 unspecified atom stereocenters. The molecule has 15 heavy (non-hydrogen) atoms. The van der Waals surface area contributed by atoms with Gasteiger partial charge in [-0.3, -0.25) is 0 Å². The monoisotopic (exact) mass is 271 g/mol. The van der Waals surface area contributed by atoms with Gasteiger partial charge in [0.05, 0.1) is 17.7 Å². The van der Waals surface area contributed by atoms with Crippen LogP contribution < -0.4 is 10.5 Å². The van der Waals surface area contributed by atoms with Gasteiger partial charge < -0.3 is 15.2 Å². The lowest BCUT2D eigenvalue weighted by atomic mass is 10.2. The van der Waals surface area contributed by atoms with E-state index in [1.807, 2.05) is 19.1 Å². The lowest BCUT2D eigenvalue weighted by molar-refractivity contribution is 0.141. The van der Waals surface area contributed by atoms with E-state index in [-0.39, 0.29) is 6.10 Å². The SMILES string of the molecule is Cc1cc(OC2CCOC2)c(Br)cc1N. The molecule has 0 aliphatic carbocycles. The molecule has 1 aromatic rings. The average molecular weight is 272 g/mol. The van der Waals surface area contributed by atoms with E-state index in [1.165, 1.54) is 0 Å². The van der Waals surface area contributed by atoms with Crippen molar-refractivity contribution in [2.75, 3.05) is 18.9 Å². The Hall–Kier alpha value is -0.740. The Morgan fingerprint density at radius 1 is 1.53 bits per heavy atom. The first kappa shape index (κ1) is 10.8. The van der Waals surface area contributed by atoms with E-state index in [1.54, 1.807) is 0 Å². The zero-order valence-electron chi connectivity index (χ0n) is 8.63. The third kappa shape index (κ3) is 2.44.